The van der Waals surface area contributed by atoms with Gasteiger partial charge in [-0.2, -0.15) is 4.80 Å². The van der Waals surface area contributed by atoms with E-state index in [1.807, 2.05) is 55.5 Å². The highest BCUT2D eigenvalue weighted by molar-refractivity contribution is 5.55. The summed E-state index contributed by atoms with van der Waals surface area (Å²) in [5.74, 6) is 2.44. The van der Waals surface area contributed by atoms with Gasteiger partial charge in [0.1, 0.15) is 24.2 Å². The number of rotatable bonds is 9. The Morgan fingerprint density at radius 1 is 1.04 bits per heavy atom. The summed E-state index contributed by atoms with van der Waals surface area (Å²) >= 11 is 0. The van der Waals surface area contributed by atoms with E-state index in [-0.39, 0.29) is 13.2 Å². The molecule has 1 aromatic heterocycles. The SMILES string of the molecule is CCOc1ccc(-c2nnn(C[C@@H](O)COc3ccccc3C(C)C)n2)cc1. The van der Waals surface area contributed by atoms with Crippen LogP contribution in [0.3, 0.4) is 0 Å². The molecule has 0 radical (unpaired) electrons. The summed E-state index contributed by atoms with van der Waals surface area (Å²) in [6.45, 7) is 7.14. The van der Waals surface area contributed by atoms with E-state index in [1.54, 1.807) is 0 Å². The van der Waals surface area contributed by atoms with Gasteiger partial charge in [-0.3, -0.25) is 0 Å². The smallest absolute Gasteiger partial charge is 0.204 e. The van der Waals surface area contributed by atoms with Crippen LogP contribution < -0.4 is 9.47 Å². The van der Waals surface area contributed by atoms with Crippen LogP contribution in [0.2, 0.25) is 0 Å². The Bertz CT molecular complexity index is 877. The lowest BCUT2D eigenvalue weighted by Gasteiger charge is -2.16. The molecule has 1 heterocycles. The monoisotopic (exact) mass is 382 g/mol. The third kappa shape index (κ3) is 5.07. The lowest BCUT2D eigenvalue weighted by molar-refractivity contribution is 0.0844. The molecule has 0 aliphatic rings. The van der Waals surface area contributed by atoms with Crippen LogP contribution >= 0.6 is 0 Å². The topological polar surface area (TPSA) is 82.3 Å². The Kier molecular flexibility index (Phi) is 6.60. The molecule has 0 spiro atoms. The van der Waals surface area contributed by atoms with E-state index in [2.05, 4.69) is 29.3 Å². The van der Waals surface area contributed by atoms with Crippen molar-refractivity contribution in [2.45, 2.75) is 39.3 Å². The number of tetrazole rings is 1. The van der Waals surface area contributed by atoms with Crippen LogP contribution in [0.1, 0.15) is 32.3 Å². The number of para-hydroxylation sites is 1. The largest absolute Gasteiger partial charge is 0.494 e. The van der Waals surface area contributed by atoms with Crippen LogP contribution in [0.5, 0.6) is 11.5 Å². The highest BCUT2D eigenvalue weighted by Crippen LogP contribution is 2.26. The van der Waals surface area contributed by atoms with E-state index < -0.39 is 6.10 Å². The highest BCUT2D eigenvalue weighted by atomic mass is 16.5. The van der Waals surface area contributed by atoms with Crippen molar-refractivity contribution in [3.05, 3.63) is 54.1 Å². The molecule has 0 aliphatic carbocycles. The van der Waals surface area contributed by atoms with Gasteiger partial charge >= 0.3 is 0 Å². The number of benzene rings is 2. The predicted octanol–water partition coefficient (Wildman–Crippen LogP) is 3.30. The molecule has 7 nitrogen and oxygen atoms in total. The van der Waals surface area contributed by atoms with Gasteiger partial charge in [0, 0.05) is 5.56 Å². The zero-order valence-electron chi connectivity index (χ0n) is 16.4. The number of aromatic nitrogens is 4. The lowest BCUT2D eigenvalue weighted by atomic mass is 10.0. The lowest BCUT2D eigenvalue weighted by Crippen LogP contribution is -2.25. The molecule has 1 N–H and O–H groups in total. The second-order valence-corrected chi connectivity index (χ2v) is 6.78. The fraction of sp³-hybridized carbons (Fsp3) is 0.381. The fourth-order valence-corrected chi connectivity index (χ4v) is 2.82. The van der Waals surface area contributed by atoms with Gasteiger partial charge in [-0.15, -0.1) is 10.2 Å². The van der Waals surface area contributed by atoms with Crippen LogP contribution in [0.4, 0.5) is 0 Å². The second-order valence-electron chi connectivity index (χ2n) is 6.78. The molecule has 0 bridgehead atoms. The molecule has 0 amide bonds. The van der Waals surface area contributed by atoms with Gasteiger partial charge < -0.3 is 14.6 Å². The van der Waals surface area contributed by atoms with Crippen molar-refractivity contribution in [3.8, 4) is 22.9 Å². The fourth-order valence-electron chi connectivity index (χ4n) is 2.82. The molecule has 0 unspecified atom stereocenters. The maximum atomic E-state index is 10.3. The van der Waals surface area contributed by atoms with Crippen LogP contribution in [0.15, 0.2) is 48.5 Å². The van der Waals surface area contributed by atoms with Crippen molar-refractivity contribution in [3.63, 3.8) is 0 Å². The Hall–Kier alpha value is -2.93. The van der Waals surface area contributed by atoms with Gasteiger partial charge in [-0.25, -0.2) is 0 Å². The summed E-state index contributed by atoms with van der Waals surface area (Å²) in [6, 6.07) is 15.4. The van der Waals surface area contributed by atoms with Crippen LogP contribution in [-0.2, 0) is 6.54 Å². The van der Waals surface area contributed by atoms with Gasteiger partial charge in [0.2, 0.25) is 5.82 Å². The van der Waals surface area contributed by atoms with Gasteiger partial charge in [-0.05, 0) is 54.0 Å². The van der Waals surface area contributed by atoms with Gasteiger partial charge in [-0.1, -0.05) is 32.0 Å². The highest BCUT2D eigenvalue weighted by Gasteiger charge is 2.13. The average molecular weight is 382 g/mol. The third-order valence-corrected chi connectivity index (χ3v) is 4.22. The average Bonchev–Trinajstić information content (AvgIpc) is 3.16. The van der Waals surface area contributed by atoms with E-state index in [0.717, 1.165) is 22.6 Å². The molecule has 1 atom stereocenters. The maximum absolute atomic E-state index is 10.3. The Morgan fingerprint density at radius 3 is 2.50 bits per heavy atom. The zero-order chi connectivity index (χ0) is 19.9. The first-order valence-electron chi connectivity index (χ1n) is 9.47. The van der Waals surface area contributed by atoms with Crippen LogP contribution in [-0.4, -0.2) is 44.6 Å². The molecule has 28 heavy (non-hydrogen) atoms. The molecule has 0 fully saturated rings. The third-order valence-electron chi connectivity index (χ3n) is 4.22. The molecule has 0 aliphatic heterocycles. The number of aliphatic hydroxyl groups is 1. The van der Waals surface area contributed by atoms with Crippen molar-refractivity contribution in [1.82, 2.24) is 20.2 Å². The quantitative estimate of drug-likeness (QED) is 0.611. The Labute approximate surface area is 164 Å². The van der Waals surface area contributed by atoms with Crippen molar-refractivity contribution in [2.75, 3.05) is 13.2 Å². The number of hydrogen-bond acceptors (Lipinski definition) is 6. The zero-order valence-corrected chi connectivity index (χ0v) is 16.4. The summed E-state index contributed by atoms with van der Waals surface area (Å²) in [4.78, 5) is 1.38. The van der Waals surface area contributed by atoms with Crippen molar-refractivity contribution in [1.29, 1.82) is 0 Å². The normalized spacial score (nSPS) is 12.2. The van der Waals surface area contributed by atoms with E-state index in [4.69, 9.17) is 9.47 Å². The Balaban J connectivity index is 1.57. The minimum Gasteiger partial charge on any atom is -0.494 e. The van der Waals surface area contributed by atoms with Gasteiger partial charge in [0.25, 0.3) is 0 Å². The first kappa shape index (κ1) is 19.8. The minimum absolute atomic E-state index is 0.156. The summed E-state index contributed by atoms with van der Waals surface area (Å²) in [5, 5.41) is 22.7. The van der Waals surface area contributed by atoms with Gasteiger partial charge in [0.05, 0.1) is 13.2 Å². The molecule has 148 valence electrons. The van der Waals surface area contributed by atoms with E-state index in [0.29, 0.717) is 18.3 Å². The first-order chi connectivity index (χ1) is 13.6. The minimum atomic E-state index is -0.748. The van der Waals surface area contributed by atoms with Crippen molar-refractivity contribution in [2.24, 2.45) is 0 Å². The summed E-state index contributed by atoms with van der Waals surface area (Å²) in [5.41, 5.74) is 1.96. The molecule has 3 aromatic rings. The van der Waals surface area contributed by atoms with Crippen LogP contribution in [0, 0.1) is 0 Å². The summed E-state index contributed by atoms with van der Waals surface area (Å²) < 4.78 is 11.2. The first-order valence-corrected chi connectivity index (χ1v) is 9.47. The van der Waals surface area contributed by atoms with Crippen molar-refractivity contribution < 1.29 is 14.6 Å². The molecule has 0 saturated heterocycles. The number of ether oxygens (including phenoxy) is 2. The molecule has 2 aromatic carbocycles. The molecular formula is C21H26N4O3. The number of hydrogen-bond donors (Lipinski definition) is 1. The molecule has 0 saturated carbocycles. The number of nitrogens with zero attached hydrogens (tertiary/aromatic N) is 4. The van der Waals surface area contributed by atoms with Gasteiger partial charge in [0.15, 0.2) is 0 Å². The second kappa shape index (κ2) is 9.32. The summed E-state index contributed by atoms with van der Waals surface area (Å²) in [7, 11) is 0. The Morgan fingerprint density at radius 2 is 1.79 bits per heavy atom. The molecule has 3 rings (SSSR count). The summed E-state index contributed by atoms with van der Waals surface area (Å²) in [6.07, 6.45) is -0.748. The predicted molar refractivity (Wildman–Crippen MR) is 106 cm³/mol. The van der Waals surface area contributed by atoms with E-state index in [9.17, 15) is 5.11 Å². The van der Waals surface area contributed by atoms with E-state index >= 15 is 0 Å². The molecule has 7 heteroatoms. The van der Waals surface area contributed by atoms with Crippen molar-refractivity contribution >= 4 is 0 Å². The maximum Gasteiger partial charge on any atom is 0.204 e. The molecular weight excluding hydrogens is 356 g/mol. The number of aliphatic hydroxyl groups excluding tert-OH is 1. The van der Waals surface area contributed by atoms with E-state index in [1.165, 1.54) is 4.80 Å². The van der Waals surface area contributed by atoms with Crippen LogP contribution in [0.25, 0.3) is 11.4 Å². The standard InChI is InChI=1S/C21H26N4O3/c1-4-27-18-11-9-16(10-12-18)21-22-24-25(23-21)13-17(26)14-28-20-8-6-5-7-19(20)15(2)3/h5-12,15,17,26H,4,13-14H2,1-3H3/t17-/m1/s1.